The summed E-state index contributed by atoms with van der Waals surface area (Å²) in [4.78, 5) is 37.1. The molecule has 3 N–H and O–H groups in total. The third kappa shape index (κ3) is 4.31. The van der Waals surface area contributed by atoms with Gasteiger partial charge in [-0.25, -0.2) is 9.59 Å². The van der Waals surface area contributed by atoms with Crippen molar-refractivity contribution in [2.24, 2.45) is 0 Å². The van der Waals surface area contributed by atoms with Crippen LogP contribution < -0.4 is 5.32 Å². The molecule has 0 radical (unpaired) electrons. The molecule has 1 fully saturated rings. The van der Waals surface area contributed by atoms with Crippen molar-refractivity contribution in [1.82, 2.24) is 10.2 Å². The summed E-state index contributed by atoms with van der Waals surface area (Å²) < 4.78 is 5.45. The molecule has 0 spiro atoms. The highest BCUT2D eigenvalue weighted by Crippen LogP contribution is 2.44. The quantitative estimate of drug-likeness (QED) is 0.638. The van der Waals surface area contributed by atoms with Crippen molar-refractivity contribution in [2.45, 2.75) is 30.8 Å². The molecule has 2 amide bonds. The summed E-state index contributed by atoms with van der Waals surface area (Å²) >= 11 is 0. The Balaban J connectivity index is 1.24. The smallest absolute Gasteiger partial charge is 0.407 e. The minimum Gasteiger partial charge on any atom is -0.479 e. The van der Waals surface area contributed by atoms with Crippen LogP contribution in [0.25, 0.3) is 11.1 Å². The largest absolute Gasteiger partial charge is 0.479 e. The van der Waals surface area contributed by atoms with Gasteiger partial charge < -0.3 is 25.2 Å². The number of likely N-dealkylation sites (tertiary alicyclic amines) is 1. The van der Waals surface area contributed by atoms with Crippen LogP contribution in [0.4, 0.5) is 4.79 Å². The van der Waals surface area contributed by atoms with Gasteiger partial charge in [-0.15, -0.1) is 0 Å². The summed E-state index contributed by atoms with van der Waals surface area (Å²) in [7, 11) is 0. The standard InChI is InChI=1S/C24H26N2O6/c27-21(26-13-10-24(31,11-14-26)22(28)29)9-12-25-23(30)32-15-20-18-7-3-1-5-16(18)17-6-2-4-8-19(17)20/h1-8,20,31H,9-15H2,(H,25,30)(H,28,29). The highest BCUT2D eigenvalue weighted by Gasteiger charge is 2.40. The number of piperidine rings is 1. The number of hydrogen-bond acceptors (Lipinski definition) is 5. The van der Waals surface area contributed by atoms with Gasteiger partial charge in [-0.3, -0.25) is 4.79 Å². The Hall–Kier alpha value is -3.39. The number of amides is 2. The van der Waals surface area contributed by atoms with Crippen molar-refractivity contribution in [3.05, 3.63) is 59.7 Å². The van der Waals surface area contributed by atoms with E-state index in [9.17, 15) is 19.5 Å². The van der Waals surface area contributed by atoms with Crippen LogP contribution in [0.15, 0.2) is 48.5 Å². The summed E-state index contributed by atoms with van der Waals surface area (Å²) in [5.41, 5.74) is 2.79. The van der Waals surface area contributed by atoms with Crippen LogP contribution in [0.2, 0.25) is 0 Å². The Kier molecular flexibility index (Phi) is 6.14. The lowest BCUT2D eigenvalue weighted by Crippen LogP contribution is -2.51. The monoisotopic (exact) mass is 438 g/mol. The maximum atomic E-state index is 12.3. The number of carboxylic acids is 1. The summed E-state index contributed by atoms with van der Waals surface area (Å²) in [5.74, 6) is -1.49. The lowest BCUT2D eigenvalue weighted by atomic mass is 9.91. The van der Waals surface area contributed by atoms with Crippen LogP contribution in [0, 0.1) is 0 Å². The summed E-state index contributed by atoms with van der Waals surface area (Å²) in [6.45, 7) is 0.669. The molecule has 32 heavy (non-hydrogen) atoms. The summed E-state index contributed by atoms with van der Waals surface area (Å²) in [5, 5.41) is 21.6. The molecule has 1 heterocycles. The number of carbonyl (C=O) groups excluding carboxylic acids is 2. The topological polar surface area (TPSA) is 116 Å². The molecule has 0 atom stereocenters. The molecule has 1 saturated heterocycles. The van der Waals surface area contributed by atoms with Crippen LogP contribution >= 0.6 is 0 Å². The number of ether oxygens (including phenoxy) is 1. The molecule has 0 aromatic heterocycles. The molecule has 8 heteroatoms. The number of carbonyl (C=O) groups is 3. The molecule has 0 unspecified atom stereocenters. The molecule has 0 saturated carbocycles. The highest BCUT2D eigenvalue weighted by atomic mass is 16.5. The van der Waals surface area contributed by atoms with E-state index in [2.05, 4.69) is 17.4 Å². The highest BCUT2D eigenvalue weighted by molar-refractivity contribution is 5.80. The first-order chi connectivity index (χ1) is 15.4. The fourth-order valence-corrected chi connectivity index (χ4v) is 4.42. The lowest BCUT2D eigenvalue weighted by Gasteiger charge is -2.35. The fourth-order valence-electron chi connectivity index (χ4n) is 4.42. The van der Waals surface area contributed by atoms with E-state index in [0.717, 1.165) is 22.3 Å². The van der Waals surface area contributed by atoms with Crippen molar-refractivity contribution in [3.8, 4) is 11.1 Å². The van der Waals surface area contributed by atoms with Gasteiger partial charge in [0.05, 0.1) is 0 Å². The van der Waals surface area contributed by atoms with Gasteiger partial charge in [0.25, 0.3) is 0 Å². The minimum atomic E-state index is -1.77. The first kappa shape index (κ1) is 21.8. The van der Waals surface area contributed by atoms with Crippen LogP contribution in [-0.2, 0) is 14.3 Å². The zero-order chi connectivity index (χ0) is 22.7. The van der Waals surface area contributed by atoms with Crippen LogP contribution in [-0.4, -0.2) is 64.9 Å². The number of hydrogen-bond donors (Lipinski definition) is 3. The van der Waals surface area contributed by atoms with Gasteiger partial charge in [0.2, 0.25) is 5.91 Å². The van der Waals surface area contributed by atoms with E-state index in [4.69, 9.17) is 9.84 Å². The molecule has 1 aliphatic carbocycles. The van der Waals surface area contributed by atoms with Gasteiger partial charge in [-0.2, -0.15) is 0 Å². The normalized spacial score (nSPS) is 16.7. The average molecular weight is 438 g/mol. The van der Waals surface area contributed by atoms with Gasteiger partial charge in [0.15, 0.2) is 5.60 Å². The zero-order valence-corrected chi connectivity index (χ0v) is 17.6. The summed E-state index contributed by atoms with van der Waals surface area (Å²) in [6.07, 6.45) is -0.518. The van der Waals surface area contributed by atoms with E-state index < -0.39 is 17.7 Å². The van der Waals surface area contributed by atoms with Gasteiger partial charge in [-0.05, 0) is 22.3 Å². The van der Waals surface area contributed by atoms with Crippen molar-refractivity contribution < 1.29 is 29.3 Å². The Bertz CT molecular complexity index is 983. The van der Waals surface area contributed by atoms with Crippen molar-refractivity contribution >= 4 is 18.0 Å². The van der Waals surface area contributed by atoms with Crippen LogP contribution in [0.3, 0.4) is 0 Å². The molecule has 2 aromatic rings. The summed E-state index contributed by atoms with van der Waals surface area (Å²) in [6, 6.07) is 16.2. The fraction of sp³-hybridized carbons (Fsp3) is 0.375. The molecule has 0 bridgehead atoms. The second-order valence-electron chi connectivity index (χ2n) is 8.22. The van der Waals surface area contributed by atoms with Gasteiger partial charge in [0.1, 0.15) is 6.61 Å². The Morgan fingerprint density at radius 3 is 2.12 bits per heavy atom. The molecular weight excluding hydrogens is 412 g/mol. The number of carboxylic acid groups (broad SMARTS) is 1. The van der Waals surface area contributed by atoms with Crippen molar-refractivity contribution in [1.29, 1.82) is 0 Å². The van der Waals surface area contributed by atoms with E-state index in [1.807, 2.05) is 36.4 Å². The number of nitrogens with one attached hydrogen (secondary N) is 1. The molecule has 2 aromatic carbocycles. The van der Waals surface area contributed by atoms with E-state index in [1.165, 1.54) is 4.90 Å². The molecule has 1 aliphatic heterocycles. The number of nitrogens with zero attached hydrogens (tertiary/aromatic N) is 1. The lowest BCUT2D eigenvalue weighted by molar-refractivity contribution is -0.165. The van der Waals surface area contributed by atoms with Crippen molar-refractivity contribution in [2.75, 3.05) is 26.2 Å². The van der Waals surface area contributed by atoms with Gasteiger partial charge in [-0.1, -0.05) is 48.5 Å². The maximum absolute atomic E-state index is 12.3. The molecule has 2 aliphatic rings. The van der Waals surface area contributed by atoms with Crippen LogP contribution in [0.5, 0.6) is 0 Å². The van der Waals surface area contributed by atoms with E-state index in [1.54, 1.807) is 0 Å². The number of benzene rings is 2. The minimum absolute atomic E-state index is 0.00607. The number of aliphatic carboxylic acids is 1. The molecule has 8 nitrogen and oxygen atoms in total. The van der Waals surface area contributed by atoms with Gasteiger partial charge >= 0.3 is 12.1 Å². The number of fused-ring (bicyclic) bond motifs is 3. The molecule has 168 valence electrons. The number of alkyl carbamates (subject to hydrolysis) is 1. The Labute approximate surface area is 185 Å². The predicted octanol–water partition coefficient (Wildman–Crippen LogP) is 2.35. The van der Waals surface area contributed by atoms with Gasteiger partial charge in [0, 0.05) is 44.8 Å². The number of rotatable bonds is 6. The maximum Gasteiger partial charge on any atom is 0.407 e. The molecule has 4 rings (SSSR count). The molecular formula is C24H26N2O6. The van der Waals surface area contributed by atoms with Crippen LogP contribution in [0.1, 0.15) is 36.3 Å². The Morgan fingerprint density at radius 2 is 1.56 bits per heavy atom. The first-order valence-corrected chi connectivity index (χ1v) is 10.7. The zero-order valence-electron chi connectivity index (χ0n) is 17.6. The van der Waals surface area contributed by atoms with Crippen molar-refractivity contribution in [3.63, 3.8) is 0 Å². The Morgan fingerprint density at radius 1 is 1.00 bits per heavy atom. The second-order valence-corrected chi connectivity index (χ2v) is 8.22. The second kappa shape index (κ2) is 9.00. The predicted molar refractivity (Wildman–Crippen MR) is 116 cm³/mol. The average Bonchev–Trinajstić information content (AvgIpc) is 3.12. The van der Waals surface area contributed by atoms with E-state index in [-0.39, 0.29) is 57.3 Å². The van der Waals surface area contributed by atoms with E-state index in [0.29, 0.717) is 0 Å². The van der Waals surface area contributed by atoms with E-state index >= 15 is 0 Å². The number of aliphatic hydroxyl groups is 1. The third-order valence-electron chi connectivity index (χ3n) is 6.29. The third-order valence-corrected chi connectivity index (χ3v) is 6.29. The SMILES string of the molecule is O=C(NCCC(=O)N1CCC(O)(C(=O)O)CC1)OCC1c2ccccc2-c2ccccc21. The first-order valence-electron chi connectivity index (χ1n) is 10.7.